The van der Waals surface area contributed by atoms with Crippen LogP contribution in [0.5, 0.6) is 0 Å². The van der Waals surface area contributed by atoms with E-state index in [2.05, 4.69) is 29.1 Å². The van der Waals surface area contributed by atoms with Crippen LogP contribution in [0.15, 0.2) is 12.4 Å². The summed E-state index contributed by atoms with van der Waals surface area (Å²) in [6.45, 7) is 15.0. The van der Waals surface area contributed by atoms with Crippen LogP contribution >= 0.6 is 0 Å². The number of piperidine rings is 1. The number of aromatic nitrogens is 2. The van der Waals surface area contributed by atoms with Gasteiger partial charge in [-0.3, -0.25) is 4.79 Å². The maximum atomic E-state index is 13.7. The minimum Gasteiger partial charge on any atom is -0.458 e. The Morgan fingerprint density at radius 2 is 1.70 bits per heavy atom. The van der Waals surface area contributed by atoms with Gasteiger partial charge in [-0.1, -0.05) is 34.6 Å². The van der Waals surface area contributed by atoms with Crippen LogP contribution in [0.4, 0.5) is 19.0 Å². The number of amides is 1. The molecule has 0 radical (unpaired) electrons. The van der Waals surface area contributed by atoms with Crippen LogP contribution in [0.2, 0.25) is 0 Å². The minimum absolute atomic E-state index is 0.0563. The molecule has 2 fully saturated rings. The molecular weight excluding hydrogens is 437 g/mol. The van der Waals surface area contributed by atoms with Crippen LogP contribution < -0.4 is 5.32 Å². The molecule has 0 aromatic carbocycles. The molecule has 1 saturated carbocycles. The molecule has 3 rings (SSSR count). The smallest absolute Gasteiger partial charge is 0.437 e. The first-order valence-corrected chi connectivity index (χ1v) is 11.0. The summed E-state index contributed by atoms with van der Waals surface area (Å²) in [7, 11) is 0. The number of anilines is 1. The molecule has 10 heteroatoms. The summed E-state index contributed by atoms with van der Waals surface area (Å²) < 4.78 is 46.0. The summed E-state index contributed by atoms with van der Waals surface area (Å²) in [5.41, 5.74) is -2.82. The third-order valence-corrected chi connectivity index (χ3v) is 6.50. The summed E-state index contributed by atoms with van der Waals surface area (Å²) in [5.74, 6) is -1.39. The number of carbonyl (C=O) groups is 2. The van der Waals surface area contributed by atoms with Crippen LogP contribution in [-0.2, 0) is 20.5 Å². The molecule has 1 aromatic heterocycles. The molecule has 2 heterocycles. The van der Waals surface area contributed by atoms with Gasteiger partial charge in [0, 0.05) is 24.9 Å². The molecule has 1 N–H and O–H groups in total. The Kier molecular flexibility index (Phi) is 5.99. The van der Waals surface area contributed by atoms with Crippen molar-refractivity contribution >= 4 is 17.7 Å². The van der Waals surface area contributed by atoms with Crippen molar-refractivity contribution < 1.29 is 27.5 Å². The Morgan fingerprint density at radius 1 is 1.12 bits per heavy atom. The predicted molar refractivity (Wildman–Crippen MR) is 116 cm³/mol. The molecule has 1 amide bonds. The quantitative estimate of drug-likeness (QED) is 0.666. The number of rotatable bonds is 4. The van der Waals surface area contributed by atoms with Gasteiger partial charge in [-0.15, -0.1) is 0 Å². The van der Waals surface area contributed by atoms with Crippen LogP contribution in [-0.4, -0.2) is 51.0 Å². The topological polar surface area (TPSA) is 84.4 Å². The van der Waals surface area contributed by atoms with Gasteiger partial charge in [-0.05, 0) is 37.5 Å². The van der Waals surface area contributed by atoms with E-state index in [1.165, 1.54) is 4.90 Å². The van der Waals surface area contributed by atoms with E-state index in [4.69, 9.17) is 4.74 Å². The van der Waals surface area contributed by atoms with Gasteiger partial charge in [0.2, 0.25) is 5.91 Å². The van der Waals surface area contributed by atoms with Gasteiger partial charge in [0.15, 0.2) is 11.5 Å². The van der Waals surface area contributed by atoms with Gasteiger partial charge in [0.1, 0.15) is 17.7 Å². The molecule has 1 saturated heterocycles. The van der Waals surface area contributed by atoms with E-state index in [0.717, 1.165) is 12.4 Å². The number of fused-ring (bicyclic) bond motifs is 1. The molecule has 1 aliphatic heterocycles. The molecule has 0 spiro atoms. The number of alkyl halides is 3. The zero-order valence-electron chi connectivity index (χ0n) is 20.4. The highest BCUT2D eigenvalue weighted by molar-refractivity contribution is 5.91. The molecule has 7 nitrogen and oxygen atoms in total. The number of nitrogens with zero attached hydrogens (tertiary/aromatic N) is 3. The number of hydrogen-bond acceptors (Lipinski definition) is 6. The normalized spacial score (nSPS) is 25.3. The average Bonchev–Trinajstić information content (AvgIpc) is 2.99. The molecule has 0 unspecified atom stereocenters. The maximum Gasteiger partial charge on any atom is 0.437 e. The second-order valence-corrected chi connectivity index (χ2v) is 11.6. The molecule has 0 bridgehead atoms. The van der Waals surface area contributed by atoms with E-state index in [1.54, 1.807) is 41.5 Å². The number of carbonyl (C=O) groups excluding carboxylic acids is 2. The molecule has 33 heavy (non-hydrogen) atoms. The Bertz CT molecular complexity index is 934. The lowest BCUT2D eigenvalue weighted by Gasteiger charge is -2.38. The van der Waals surface area contributed by atoms with Crippen molar-refractivity contribution in [3.8, 4) is 0 Å². The Balaban J connectivity index is 1.94. The van der Waals surface area contributed by atoms with Crippen LogP contribution in [0.3, 0.4) is 0 Å². The second kappa shape index (κ2) is 7.84. The van der Waals surface area contributed by atoms with Crippen LogP contribution in [0.25, 0.3) is 0 Å². The summed E-state index contributed by atoms with van der Waals surface area (Å²) in [5, 5.41) is 2.69. The summed E-state index contributed by atoms with van der Waals surface area (Å²) in [6.07, 6.45) is -2.64. The fraction of sp³-hybridized carbons (Fsp3) is 0.739. The zero-order chi connectivity index (χ0) is 25.1. The first kappa shape index (κ1) is 25.2. The van der Waals surface area contributed by atoms with Crippen molar-refractivity contribution in [3.63, 3.8) is 0 Å². The van der Waals surface area contributed by atoms with Crippen molar-refractivity contribution in [1.29, 1.82) is 0 Å². The lowest BCUT2D eigenvalue weighted by atomic mass is 9.85. The van der Waals surface area contributed by atoms with Gasteiger partial charge in [0.25, 0.3) is 0 Å². The van der Waals surface area contributed by atoms with Crippen molar-refractivity contribution in [1.82, 2.24) is 14.9 Å². The highest BCUT2D eigenvalue weighted by Gasteiger charge is 2.70. The maximum absolute atomic E-state index is 13.7. The highest BCUT2D eigenvalue weighted by Crippen LogP contribution is 2.65. The predicted octanol–water partition coefficient (Wildman–Crippen LogP) is 4.15. The minimum atomic E-state index is -4.74. The fourth-order valence-electron chi connectivity index (χ4n) is 4.75. The molecule has 1 aliphatic carbocycles. The van der Waals surface area contributed by atoms with Crippen LogP contribution in [0.1, 0.15) is 61.1 Å². The van der Waals surface area contributed by atoms with Gasteiger partial charge >= 0.3 is 12.1 Å². The number of esters is 1. The van der Waals surface area contributed by atoms with E-state index >= 15 is 0 Å². The van der Waals surface area contributed by atoms with E-state index < -0.39 is 52.7 Å². The third-order valence-electron chi connectivity index (χ3n) is 6.50. The van der Waals surface area contributed by atoms with Crippen molar-refractivity contribution in [3.05, 3.63) is 18.1 Å². The SMILES string of the molecule is CC(C)(C)OC(=O)[C@@H]1[C@@H]2[C@H](CN1C(=O)[C@@H](Nc1nccnc1C(F)(F)F)C(C)(C)C)C2(C)C. The third kappa shape index (κ3) is 4.94. The van der Waals surface area contributed by atoms with E-state index in [0.29, 0.717) is 6.54 Å². The zero-order valence-corrected chi connectivity index (χ0v) is 20.4. The van der Waals surface area contributed by atoms with Gasteiger partial charge in [-0.2, -0.15) is 13.2 Å². The molecule has 4 atom stereocenters. The Labute approximate surface area is 192 Å². The Hall–Kier alpha value is -2.39. The van der Waals surface area contributed by atoms with E-state index in [9.17, 15) is 22.8 Å². The lowest BCUT2D eigenvalue weighted by molar-refractivity contribution is -0.165. The number of halogens is 3. The molecule has 184 valence electrons. The number of ether oxygens (including phenoxy) is 1. The summed E-state index contributed by atoms with van der Waals surface area (Å²) >= 11 is 0. The number of likely N-dealkylation sites (tertiary alicyclic amines) is 1. The summed E-state index contributed by atoms with van der Waals surface area (Å²) in [6, 6.07) is -1.85. The van der Waals surface area contributed by atoms with Crippen molar-refractivity contribution in [2.75, 3.05) is 11.9 Å². The van der Waals surface area contributed by atoms with Crippen molar-refractivity contribution in [2.24, 2.45) is 22.7 Å². The molecular formula is C23H33F3N4O3. The standard InChI is InChI=1S/C23H33F3N4O3/c1-20(2,3)16(29-17-15(23(24,25)26)27-9-10-28-17)18(31)30-11-12-13(22(12,7)8)14(30)19(32)33-21(4,5)6/h9-10,12-14,16H,11H2,1-8H3,(H,28,29)/t12-,13-,14-,16+/m0/s1. The van der Waals surface area contributed by atoms with Gasteiger partial charge < -0.3 is 15.0 Å². The first-order valence-electron chi connectivity index (χ1n) is 11.0. The monoisotopic (exact) mass is 470 g/mol. The average molecular weight is 471 g/mol. The second-order valence-electron chi connectivity index (χ2n) is 11.6. The number of hydrogen-bond donors (Lipinski definition) is 1. The van der Waals surface area contributed by atoms with E-state index in [-0.39, 0.29) is 17.3 Å². The summed E-state index contributed by atoms with van der Waals surface area (Å²) in [4.78, 5) is 35.5. The number of nitrogens with one attached hydrogen (secondary N) is 1. The highest BCUT2D eigenvalue weighted by atomic mass is 19.4. The van der Waals surface area contributed by atoms with Crippen LogP contribution in [0, 0.1) is 22.7 Å². The molecule has 1 aromatic rings. The van der Waals surface area contributed by atoms with Crippen molar-refractivity contribution in [2.45, 2.75) is 79.3 Å². The fourth-order valence-corrected chi connectivity index (χ4v) is 4.75. The molecule has 2 aliphatic rings. The Morgan fingerprint density at radius 3 is 2.21 bits per heavy atom. The largest absolute Gasteiger partial charge is 0.458 e. The first-order chi connectivity index (χ1) is 14.9. The van der Waals surface area contributed by atoms with Gasteiger partial charge in [-0.25, -0.2) is 14.8 Å². The van der Waals surface area contributed by atoms with Gasteiger partial charge in [0.05, 0.1) is 0 Å². The lowest BCUT2D eigenvalue weighted by Crippen LogP contribution is -2.55. The van der Waals surface area contributed by atoms with E-state index in [1.807, 2.05) is 0 Å².